The van der Waals surface area contributed by atoms with Crippen LogP contribution in [0, 0.1) is 6.92 Å². The number of aromatic nitrogens is 4. The molecule has 92 valence electrons. The summed E-state index contributed by atoms with van der Waals surface area (Å²) in [6.45, 7) is 2.59. The summed E-state index contributed by atoms with van der Waals surface area (Å²) in [5.74, 6) is 1.50. The summed E-state index contributed by atoms with van der Waals surface area (Å²) in [5.41, 5.74) is 2.75. The first kappa shape index (κ1) is 11.6. The van der Waals surface area contributed by atoms with Crippen molar-refractivity contribution >= 4 is 44.2 Å². The van der Waals surface area contributed by atoms with Gasteiger partial charge < -0.3 is 10.3 Å². The second-order valence-corrected chi connectivity index (χ2v) is 6.12. The number of thiophene rings is 1. The Bertz CT molecular complexity index is 690. The topological polar surface area (TPSA) is 66.5 Å². The summed E-state index contributed by atoms with van der Waals surface area (Å²) in [7, 11) is 0. The van der Waals surface area contributed by atoms with Gasteiger partial charge in [-0.25, -0.2) is 15.0 Å². The SMILES string of the molecule is Cc1nc(NCc2csc(Br)c2)c2[nH]cnc2n1. The fourth-order valence-electron chi connectivity index (χ4n) is 1.69. The molecule has 0 aromatic carbocycles. The van der Waals surface area contributed by atoms with E-state index in [1.165, 1.54) is 5.56 Å². The van der Waals surface area contributed by atoms with Crippen LogP contribution in [0.3, 0.4) is 0 Å². The van der Waals surface area contributed by atoms with Crippen LogP contribution in [0.25, 0.3) is 11.2 Å². The van der Waals surface area contributed by atoms with Crippen molar-refractivity contribution < 1.29 is 0 Å². The van der Waals surface area contributed by atoms with Crippen LogP contribution in [0.4, 0.5) is 5.82 Å². The molecule has 0 spiro atoms. The molecular weight excluding hydrogens is 314 g/mol. The number of nitrogens with one attached hydrogen (secondary N) is 2. The quantitative estimate of drug-likeness (QED) is 0.777. The van der Waals surface area contributed by atoms with E-state index >= 15 is 0 Å². The molecule has 0 atom stereocenters. The minimum absolute atomic E-state index is 0.691. The minimum atomic E-state index is 0.691. The monoisotopic (exact) mass is 323 g/mol. The summed E-state index contributed by atoms with van der Waals surface area (Å²) >= 11 is 5.12. The number of hydrogen-bond acceptors (Lipinski definition) is 5. The van der Waals surface area contributed by atoms with Crippen molar-refractivity contribution in [1.29, 1.82) is 0 Å². The van der Waals surface area contributed by atoms with E-state index in [0.717, 1.165) is 21.7 Å². The fraction of sp³-hybridized carbons (Fsp3) is 0.182. The van der Waals surface area contributed by atoms with E-state index in [1.807, 2.05) is 6.92 Å². The van der Waals surface area contributed by atoms with E-state index in [4.69, 9.17) is 0 Å². The summed E-state index contributed by atoms with van der Waals surface area (Å²) in [6, 6.07) is 2.09. The van der Waals surface area contributed by atoms with Crippen LogP contribution < -0.4 is 5.32 Å². The zero-order chi connectivity index (χ0) is 12.5. The zero-order valence-electron chi connectivity index (χ0n) is 9.57. The molecule has 0 saturated carbocycles. The Morgan fingerprint density at radius 1 is 1.44 bits per heavy atom. The predicted octanol–water partition coefficient (Wildman–Crippen LogP) is 3.10. The van der Waals surface area contributed by atoms with Crippen LogP contribution in [-0.4, -0.2) is 19.9 Å². The van der Waals surface area contributed by atoms with Gasteiger partial charge >= 0.3 is 0 Å². The third kappa shape index (κ3) is 2.23. The first-order valence-electron chi connectivity index (χ1n) is 5.37. The summed E-state index contributed by atoms with van der Waals surface area (Å²) in [4.78, 5) is 15.8. The molecule has 18 heavy (non-hydrogen) atoms. The van der Waals surface area contributed by atoms with Crippen LogP contribution in [-0.2, 0) is 6.54 Å². The first-order valence-corrected chi connectivity index (χ1v) is 7.04. The number of anilines is 1. The Morgan fingerprint density at radius 2 is 2.33 bits per heavy atom. The molecule has 2 N–H and O–H groups in total. The highest BCUT2D eigenvalue weighted by molar-refractivity contribution is 9.11. The average molecular weight is 324 g/mol. The van der Waals surface area contributed by atoms with Crippen molar-refractivity contribution in [3.63, 3.8) is 0 Å². The normalized spacial score (nSPS) is 11.0. The maximum Gasteiger partial charge on any atom is 0.183 e. The third-order valence-corrected chi connectivity index (χ3v) is 4.03. The number of hydrogen-bond donors (Lipinski definition) is 2. The van der Waals surface area contributed by atoms with Gasteiger partial charge in [0.05, 0.1) is 10.1 Å². The van der Waals surface area contributed by atoms with Crippen molar-refractivity contribution in [3.05, 3.63) is 32.9 Å². The zero-order valence-corrected chi connectivity index (χ0v) is 12.0. The molecule has 7 heteroatoms. The highest BCUT2D eigenvalue weighted by Gasteiger charge is 2.07. The van der Waals surface area contributed by atoms with Crippen LogP contribution >= 0.6 is 27.3 Å². The number of fused-ring (bicyclic) bond motifs is 1. The van der Waals surface area contributed by atoms with E-state index in [0.29, 0.717) is 11.5 Å². The van der Waals surface area contributed by atoms with E-state index in [1.54, 1.807) is 17.7 Å². The van der Waals surface area contributed by atoms with Crippen molar-refractivity contribution in [2.24, 2.45) is 0 Å². The largest absolute Gasteiger partial charge is 0.364 e. The lowest BCUT2D eigenvalue weighted by Crippen LogP contribution is -2.03. The summed E-state index contributed by atoms with van der Waals surface area (Å²) < 4.78 is 1.13. The van der Waals surface area contributed by atoms with Crippen molar-refractivity contribution in [2.75, 3.05) is 5.32 Å². The first-order chi connectivity index (χ1) is 8.72. The van der Waals surface area contributed by atoms with Crippen molar-refractivity contribution in [1.82, 2.24) is 19.9 Å². The number of aromatic amines is 1. The lowest BCUT2D eigenvalue weighted by Gasteiger charge is -2.05. The Balaban J connectivity index is 1.87. The molecule has 0 unspecified atom stereocenters. The van der Waals surface area contributed by atoms with Gasteiger partial charge in [-0.2, -0.15) is 0 Å². The number of halogens is 1. The molecule has 5 nitrogen and oxygen atoms in total. The number of H-pyrrole nitrogens is 1. The Labute approximate surface area is 116 Å². The van der Waals surface area contributed by atoms with Crippen molar-refractivity contribution in [2.45, 2.75) is 13.5 Å². The standard InChI is InChI=1S/C11H10BrN5S/c1-6-16-10(9-11(17-6)15-5-14-9)13-3-7-2-8(12)18-4-7/h2,4-5H,3H2,1H3,(H2,13,14,15,16,17). The van der Waals surface area contributed by atoms with Gasteiger partial charge in [-0.1, -0.05) is 0 Å². The minimum Gasteiger partial charge on any atom is -0.364 e. The second kappa shape index (κ2) is 4.66. The highest BCUT2D eigenvalue weighted by Crippen LogP contribution is 2.22. The highest BCUT2D eigenvalue weighted by atomic mass is 79.9. The van der Waals surface area contributed by atoms with Crippen molar-refractivity contribution in [3.8, 4) is 0 Å². The van der Waals surface area contributed by atoms with Crippen LogP contribution in [0.2, 0.25) is 0 Å². The number of imidazole rings is 1. The van der Waals surface area contributed by atoms with E-state index < -0.39 is 0 Å². The van der Waals surface area contributed by atoms with E-state index in [9.17, 15) is 0 Å². The lowest BCUT2D eigenvalue weighted by atomic mass is 10.3. The summed E-state index contributed by atoms with van der Waals surface area (Å²) in [5, 5.41) is 5.41. The Kier molecular flexibility index (Phi) is 3.00. The van der Waals surface area contributed by atoms with Gasteiger partial charge in [0, 0.05) is 6.54 Å². The average Bonchev–Trinajstić information content (AvgIpc) is 2.94. The molecule has 3 aromatic heterocycles. The third-order valence-electron chi connectivity index (χ3n) is 2.48. The lowest BCUT2D eigenvalue weighted by molar-refractivity contribution is 1.05. The number of aryl methyl sites for hydroxylation is 1. The van der Waals surface area contributed by atoms with Gasteiger partial charge in [0.1, 0.15) is 11.3 Å². The molecule has 0 aliphatic rings. The fourth-order valence-corrected chi connectivity index (χ4v) is 2.90. The van der Waals surface area contributed by atoms with Gasteiger partial charge in [-0.3, -0.25) is 0 Å². The molecule has 0 fully saturated rings. The number of rotatable bonds is 3. The molecule has 0 aliphatic heterocycles. The molecule has 3 rings (SSSR count). The Hall–Kier alpha value is -1.47. The molecule has 0 bridgehead atoms. The maximum absolute atomic E-state index is 4.39. The van der Waals surface area contributed by atoms with Gasteiger partial charge in [-0.15, -0.1) is 11.3 Å². The molecule has 3 heterocycles. The predicted molar refractivity (Wildman–Crippen MR) is 75.8 cm³/mol. The Morgan fingerprint density at radius 3 is 3.11 bits per heavy atom. The molecular formula is C11H10BrN5S. The maximum atomic E-state index is 4.39. The van der Waals surface area contributed by atoms with E-state index in [-0.39, 0.29) is 0 Å². The van der Waals surface area contributed by atoms with Gasteiger partial charge in [0.25, 0.3) is 0 Å². The molecule has 0 amide bonds. The van der Waals surface area contributed by atoms with Gasteiger partial charge in [0.2, 0.25) is 0 Å². The van der Waals surface area contributed by atoms with Crippen LogP contribution in [0.1, 0.15) is 11.4 Å². The second-order valence-electron chi connectivity index (χ2n) is 3.83. The molecule has 0 aliphatic carbocycles. The number of nitrogens with zero attached hydrogens (tertiary/aromatic N) is 3. The molecule has 0 radical (unpaired) electrons. The van der Waals surface area contributed by atoms with Crippen LogP contribution in [0.15, 0.2) is 21.6 Å². The molecule has 3 aromatic rings. The smallest absolute Gasteiger partial charge is 0.183 e. The molecule has 0 saturated heterocycles. The van der Waals surface area contributed by atoms with Gasteiger partial charge in [0.15, 0.2) is 11.5 Å². The van der Waals surface area contributed by atoms with Gasteiger partial charge in [-0.05, 0) is 39.9 Å². The van der Waals surface area contributed by atoms with Crippen LogP contribution in [0.5, 0.6) is 0 Å². The summed E-state index contributed by atoms with van der Waals surface area (Å²) in [6.07, 6.45) is 1.63. The van der Waals surface area contributed by atoms with E-state index in [2.05, 4.69) is 52.6 Å².